The number of ether oxygens (including phenoxy) is 2. The number of allylic oxidation sites excluding steroid dienone is 1. The number of benzene rings is 3. The van der Waals surface area contributed by atoms with Crippen molar-refractivity contribution in [3.05, 3.63) is 99.9 Å². The zero-order valence-corrected chi connectivity index (χ0v) is 29.6. The first kappa shape index (κ1) is 33.3. The Hall–Kier alpha value is -4.24. The van der Waals surface area contributed by atoms with Crippen molar-refractivity contribution in [2.45, 2.75) is 77.6 Å². The fourth-order valence-electron chi connectivity index (χ4n) is 6.95. The number of thiophene rings is 1. The lowest BCUT2D eigenvalue weighted by molar-refractivity contribution is -0.177. The first-order valence-corrected chi connectivity index (χ1v) is 18.1. The molecule has 7 rings (SSSR count). The van der Waals surface area contributed by atoms with Crippen LogP contribution in [0.2, 0.25) is 0 Å². The summed E-state index contributed by atoms with van der Waals surface area (Å²) in [7, 11) is 1.55. The molecule has 1 aliphatic heterocycles. The van der Waals surface area contributed by atoms with Gasteiger partial charge in [-0.15, -0.1) is 11.3 Å². The molecular formula is C41H44N2O5S. The molecule has 1 unspecified atom stereocenters. The average molecular weight is 677 g/mol. The summed E-state index contributed by atoms with van der Waals surface area (Å²) in [6.07, 6.45) is 8.14. The van der Waals surface area contributed by atoms with E-state index in [1.54, 1.807) is 39.2 Å². The minimum absolute atomic E-state index is 0.208. The molecule has 8 heteroatoms. The van der Waals surface area contributed by atoms with Gasteiger partial charge in [-0.3, -0.25) is 4.79 Å². The van der Waals surface area contributed by atoms with E-state index >= 15 is 0 Å². The van der Waals surface area contributed by atoms with Gasteiger partial charge in [0, 0.05) is 29.8 Å². The second-order valence-corrected chi connectivity index (χ2v) is 15.2. The fourth-order valence-corrected chi connectivity index (χ4v) is 8.00. The minimum Gasteiger partial charge on any atom is -0.444 e. The number of hydroxylamine groups is 1. The normalized spacial score (nSPS) is 16.9. The van der Waals surface area contributed by atoms with Gasteiger partial charge in [-0.1, -0.05) is 54.6 Å². The number of amides is 2. The van der Waals surface area contributed by atoms with E-state index in [0.717, 1.165) is 49.0 Å². The van der Waals surface area contributed by atoms with Crippen LogP contribution in [0.15, 0.2) is 72.8 Å². The van der Waals surface area contributed by atoms with Crippen molar-refractivity contribution in [3.63, 3.8) is 0 Å². The third kappa shape index (κ3) is 7.37. The van der Waals surface area contributed by atoms with Crippen LogP contribution in [0.4, 0.5) is 10.5 Å². The molecule has 2 amide bonds. The van der Waals surface area contributed by atoms with Crippen molar-refractivity contribution in [2.75, 3.05) is 25.3 Å². The SMILES string of the molecule is CN(CC(=O)N(OC1CCCCO1)c1cccc(-c2ccc(C3=Cc4ccc5c(c4CC3)CCc3ccccc3-5)s2)c1)C(=O)OC(C)(C)C. The lowest BCUT2D eigenvalue weighted by atomic mass is 9.78. The van der Waals surface area contributed by atoms with Crippen LogP contribution in [0.1, 0.15) is 73.6 Å². The number of nitrogens with zero attached hydrogens (tertiary/aromatic N) is 2. The van der Waals surface area contributed by atoms with E-state index < -0.39 is 18.0 Å². The van der Waals surface area contributed by atoms with Crippen molar-refractivity contribution >= 4 is 40.7 Å². The Kier molecular flexibility index (Phi) is 9.46. The first-order chi connectivity index (χ1) is 23.6. The zero-order chi connectivity index (χ0) is 34.1. The lowest BCUT2D eigenvalue weighted by Crippen LogP contribution is -2.45. The van der Waals surface area contributed by atoms with Gasteiger partial charge in [-0.05, 0) is 128 Å². The highest BCUT2D eigenvalue weighted by atomic mass is 32.1. The van der Waals surface area contributed by atoms with E-state index in [0.29, 0.717) is 18.7 Å². The van der Waals surface area contributed by atoms with E-state index in [2.05, 4.69) is 60.7 Å². The number of carbonyl (C=O) groups is 2. The third-order valence-corrected chi connectivity index (χ3v) is 10.6. The van der Waals surface area contributed by atoms with Crippen LogP contribution in [-0.4, -0.2) is 49.0 Å². The molecule has 0 bridgehead atoms. The maximum absolute atomic E-state index is 13.7. The van der Waals surface area contributed by atoms with E-state index in [4.69, 9.17) is 14.3 Å². The van der Waals surface area contributed by atoms with Crippen molar-refractivity contribution < 1.29 is 23.9 Å². The van der Waals surface area contributed by atoms with Crippen LogP contribution in [0.5, 0.6) is 0 Å². The summed E-state index contributed by atoms with van der Waals surface area (Å²) in [6, 6.07) is 25.6. The van der Waals surface area contributed by atoms with Gasteiger partial charge in [0.25, 0.3) is 5.91 Å². The fraction of sp³-hybridized carbons (Fsp3) is 0.366. The minimum atomic E-state index is -0.669. The van der Waals surface area contributed by atoms with Crippen LogP contribution in [-0.2, 0) is 38.4 Å². The van der Waals surface area contributed by atoms with E-state index in [1.165, 1.54) is 53.8 Å². The monoisotopic (exact) mass is 676 g/mol. The molecular weight excluding hydrogens is 633 g/mol. The quantitative estimate of drug-likeness (QED) is 0.183. The molecule has 254 valence electrons. The molecule has 1 aromatic heterocycles. The summed E-state index contributed by atoms with van der Waals surface area (Å²) in [4.78, 5) is 36.2. The van der Waals surface area contributed by atoms with Gasteiger partial charge < -0.3 is 14.4 Å². The molecule has 3 aliphatic rings. The zero-order valence-electron chi connectivity index (χ0n) is 28.8. The van der Waals surface area contributed by atoms with Gasteiger partial charge >= 0.3 is 6.09 Å². The van der Waals surface area contributed by atoms with Gasteiger partial charge in [0.05, 0.1) is 5.69 Å². The molecule has 49 heavy (non-hydrogen) atoms. The van der Waals surface area contributed by atoms with Gasteiger partial charge in [0.1, 0.15) is 12.1 Å². The highest BCUT2D eigenvalue weighted by Crippen LogP contribution is 2.42. The second-order valence-electron chi connectivity index (χ2n) is 14.1. The van der Waals surface area contributed by atoms with E-state index in [1.807, 2.05) is 18.2 Å². The number of likely N-dealkylation sites (N-methyl/N-ethyl adjacent to an activating group) is 1. The Balaban J connectivity index is 1.12. The van der Waals surface area contributed by atoms with E-state index in [9.17, 15) is 9.59 Å². The molecule has 3 aromatic carbocycles. The third-order valence-electron chi connectivity index (χ3n) is 9.35. The lowest BCUT2D eigenvalue weighted by Gasteiger charge is -2.31. The average Bonchev–Trinajstić information content (AvgIpc) is 3.60. The van der Waals surface area contributed by atoms with Gasteiger partial charge in [-0.2, -0.15) is 5.06 Å². The Labute approximate surface area is 293 Å². The van der Waals surface area contributed by atoms with Crippen LogP contribution < -0.4 is 5.06 Å². The Bertz CT molecular complexity index is 1900. The Morgan fingerprint density at radius 2 is 1.69 bits per heavy atom. The van der Waals surface area contributed by atoms with E-state index in [-0.39, 0.29) is 12.5 Å². The number of carbonyl (C=O) groups excluding carboxylic acids is 2. The maximum Gasteiger partial charge on any atom is 0.410 e. The number of hydrogen-bond acceptors (Lipinski definition) is 6. The topological polar surface area (TPSA) is 68.3 Å². The summed E-state index contributed by atoms with van der Waals surface area (Å²) in [5, 5.41) is 1.29. The predicted molar refractivity (Wildman–Crippen MR) is 196 cm³/mol. The van der Waals surface area contributed by atoms with Crippen molar-refractivity contribution in [1.82, 2.24) is 4.90 Å². The summed E-state index contributed by atoms with van der Waals surface area (Å²) in [6.45, 7) is 5.77. The van der Waals surface area contributed by atoms with Crippen molar-refractivity contribution in [3.8, 4) is 21.6 Å². The largest absolute Gasteiger partial charge is 0.444 e. The van der Waals surface area contributed by atoms with Crippen LogP contribution in [0.25, 0.3) is 33.2 Å². The highest BCUT2D eigenvalue weighted by molar-refractivity contribution is 7.16. The first-order valence-electron chi connectivity index (χ1n) is 17.3. The molecule has 1 saturated heterocycles. The molecule has 0 N–H and O–H groups in total. The van der Waals surface area contributed by atoms with Crippen molar-refractivity contribution in [1.29, 1.82) is 0 Å². The molecule has 7 nitrogen and oxygen atoms in total. The summed E-state index contributed by atoms with van der Waals surface area (Å²) in [5.41, 5.74) is 10.9. The number of rotatable bonds is 7. The van der Waals surface area contributed by atoms with Gasteiger partial charge in [-0.25, -0.2) is 9.63 Å². The Morgan fingerprint density at radius 1 is 0.878 bits per heavy atom. The molecule has 1 atom stereocenters. The molecule has 2 aliphatic carbocycles. The van der Waals surface area contributed by atoms with Crippen LogP contribution >= 0.6 is 11.3 Å². The summed E-state index contributed by atoms with van der Waals surface area (Å²) >= 11 is 1.76. The maximum atomic E-state index is 13.7. The molecule has 1 fully saturated rings. The van der Waals surface area contributed by atoms with Gasteiger partial charge in [0.2, 0.25) is 0 Å². The van der Waals surface area contributed by atoms with Crippen LogP contribution in [0, 0.1) is 0 Å². The smallest absolute Gasteiger partial charge is 0.410 e. The van der Waals surface area contributed by atoms with Crippen LogP contribution in [0.3, 0.4) is 0 Å². The predicted octanol–water partition coefficient (Wildman–Crippen LogP) is 9.33. The second kappa shape index (κ2) is 13.9. The van der Waals surface area contributed by atoms with Crippen molar-refractivity contribution in [2.24, 2.45) is 0 Å². The summed E-state index contributed by atoms with van der Waals surface area (Å²) < 4.78 is 11.3. The number of aryl methyl sites for hydroxylation is 1. The number of fused-ring (bicyclic) bond motifs is 5. The summed E-state index contributed by atoms with van der Waals surface area (Å²) in [5.74, 6) is -0.386. The Morgan fingerprint density at radius 3 is 2.51 bits per heavy atom. The number of hydrogen-bond donors (Lipinski definition) is 0. The number of anilines is 1. The molecule has 0 saturated carbocycles. The molecule has 0 radical (unpaired) electrons. The highest BCUT2D eigenvalue weighted by Gasteiger charge is 2.29. The molecule has 0 spiro atoms. The molecule has 2 heterocycles. The standard InChI is InChI=1S/C41H44N2O5S/c1-41(2,3)47-40(45)42(4)26-38(44)43(48-39-14-7-8-23-46-39)31-12-9-11-29(25-31)36-21-22-37(49-36)30-17-18-33-28(24-30)16-20-34-32-13-6-5-10-27(32)15-19-35(33)34/h5-6,9-13,16,20-22,24-25,39H,7-8,14-15,17-19,23,26H2,1-4H3. The molecule has 4 aromatic rings. The van der Waals surface area contributed by atoms with Gasteiger partial charge in [0.15, 0.2) is 6.29 Å².